The van der Waals surface area contributed by atoms with Gasteiger partial charge in [-0.3, -0.25) is 4.90 Å². The Morgan fingerprint density at radius 2 is 1.95 bits per heavy atom. The van der Waals surface area contributed by atoms with Gasteiger partial charge in [-0.15, -0.1) is 10.2 Å². The van der Waals surface area contributed by atoms with Gasteiger partial charge in [0.2, 0.25) is 0 Å². The minimum Gasteiger partial charge on any atom is -0.328 e. The van der Waals surface area contributed by atoms with Crippen LogP contribution >= 0.6 is 0 Å². The highest BCUT2D eigenvalue weighted by molar-refractivity contribution is 5.08. The van der Waals surface area contributed by atoms with E-state index in [2.05, 4.69) is 38.7 Å². The van der Waals surface area contributed by atoms with E-state index in [1.54, 1.807) is 0 Å². The number of rotatable bonds is 6. The van der Waals surface area contributed by atoms with Crippen LogP contribution in [0.1, 0.15) is 43.3 Å². The number of nitrogens with two attached hydrogens (primary N) is 1. The lowest BCUT2D eigenvalue weighted by atomic mass is 9.80. The molecule has 6 nitrogen and oxygen atoms in total. The number of nitrogens with zero attached hydrogens (tertiary/aromatic N) is 5. The molecule has 1 aliphatic heterocycles. The summed E-state index contributed by atoms with van der Waals surface area (Å²) in [5.41, 5.74) is 5.87. The minimum absolute atomic E-state index is 0.360. The third kappa shape index (κ3) is 3.44. The van der Waals surface area contributed by atoms with Crippen molar-refractivity contribution >= 4 is 0 Å². The van der Waals surface area contributed by atoms with Gasteiger partial charge in [-0.25, -0.2) is 0 Å². The second-order valence-corrected chi connectivity index (χ2v) is 6.75. The molecule has 0 aromatic carbocycles. The molecule has 2 heterocycles. The Labute approximate surface area is 127 Å². The van der Waals surface area contributed by atoms with Gasteiger partial charge in [0.05, 0.1) is 6.54 Å². The van der Waals surface area contributed by atoms with E-state index in [0.717, 1.165) is 37.6 Å². The van der Waals surface area contributed by atoms with Crippen LogP contribution in [0, 0.1) is 0 Å². The lowest BCUT2D eigenvalue weighted by Crippen LogP contribution is -2.36. The molecule has 2 N–H and O–H groups in total. The molecule has 2 fully saturated rings. The van der Waals surface area contributed by atoms with Crippen LogP contribution in [0.2, 0.25) is 0 Å². The Kier molecular flexibility index (Phi) is 4.57. The zero-order valence-electron chi connectivity index (χ0n) is 13.3. The first kappa shape index (κ1) is 14.9. The molecule has 1 saturated carbocycles. The first-order valence-electron chi connectivity index (χ1n) is 8.18. The maximum atomic E-state index is 5.87. The van der Waals surface area contributed by atoms with Crippen molar-refractivity contribution in [1.82, 2.24) is 24.6 Å². The van der Waals surface area contributed by atoms with Gasteiger partial charge >= 0.3 is 0 Å². The van der Waals surface area contributed by atoms with E-state index in [-0.39, 0.29) is 0 Å². The van der Waals surface area contributed by atoms with E-state index in [1.807, 2.05) is 0 Å². The number of hydrogen-bond donors (Lipinski definition) is 1. The van der Waals surface area contributed by atoms with E-state index in [4.69, 9.17) is 5.73 Å². The quantitative estimate of drug-likeness (QED) is 0.829. The smallest absolute Gasteiger partial charge is 0.146 e. The molecule has 118 valence electrons. The van der Waals surface area contributed by atoms with Crippen molar-refractivity contribution in [2.24, 2.45) is 12.8 Å². The van der Waals surface area contributed by atoms with Crippen molar-refractivity contribution in [3.63, 3.8) is 0 Å². The van der Waals surface area contributed by atoms with Gasteiger partial charge in [-0.1, -0.05) is 0 Å². The molecule has 1 aromatic heterocycles. The second kappa shape index (κ2) is 6.42. The highest BCUT2D eigenvalue weighted by Gasteiger charge is 2.31. The van der Waals surface area contributed by atoms with Gasteiger partial charge < -0.3 is 15.2 Å². The molecule has 6 heteroatoms. The SMILES string of the molecule is CN(CCN1CCCC1)Cc1nnc(C2CC(N)C2)n1C. The van der Waals surface area contributed by atoms with Gasteiger partial charge in [0.1, 0.15) is 11.6 Å². The summed E-state index contributed by atoms with van der Waals surface area (Å²) >= 11 is 0. The summed E-state index contributed by atoms with van der Waals surface area (Å²) in [6.07, 6.45) is 4.83. The predicted molar refractivity (Wildman–Crippen MR) is 83.0 cm³/mol. The molecule has 0 radical (unpaired) electrons. The Hall–Kier alpha value is -0.980. The molecule has 2 aliphatic rings. The summed E-state index contributed by atoms with van der Waals surface area (Å²) < 4.78 is 2.17. The summed E-state index contributed by atoms with van der Waals surface area (Å²) in [4.78, 5) is 4.90. The standard InChI is InChI=1S/C15H28N6/c1-19(7-8-21-5-3-4-6-21)11-14-17-18-15(20(14)2)12-9-13(16)10-12/h12-13H,3-11,16H2,1-2H3. The third-order valence-corrected chi connectivity index (χ3v) is 4.95. The zero-order chi connectivity index (χ0) is 14.8. The van der Waals surface area contributed by atoms with E-state index in [0.29, 0.717) is 12.0 Å². The average Bonchev–Trinajstić information content (AvgIpc) is 3.05. The lowest BCUT2D eigenvalue weighted by Gasteiger charge is -2.31. The van der Waals surface area contributed by atoms with Gasteiger partial charge in [-0.2, -0.15) is 0 Å². The van der Waals surface area contributed by atoms with E-state index in [9.17, 15) is 0 Å². The molecule has 0 spiro atoms. The van der Waals surface area contributed by atoms with Crippen LogP contribution in [-0.2, 0) is 13.6 Å². The topological polar surface area (TPSA) is 63.2 Å². The summed E-state index contributed by atoms with van der Waals surface area (Å²) in [7, 11) is 4.26. The van der Waals surface area contributed by atoms with Crippen molar-refractivity contribution in [3.05, 3.63) is 11.6 Å². The Balaban J connectivity index is 1.50. The van der Waals surface area contributed by atoms with Gasteiger partial charge in [0, 0.05) is 32.1 Å². The molecule has 0 amide bonds. The summed E-state index contributed by atoms with van der Waals surface area (Å²) in [5.74, 6) is 2.69. The number of hydrogen-bond acceptors (Lipinski definition) is 5. The normalized spacial score (nSPS) is 26.5. The predicted octanol–water partition coefficient (Wildman–Crippen LogP) is 0.547. The van der Waals surface area contributed by atoms with Crippen LogP contribution in [0.4, 0.5) is 0 Å². The van der Waals surface area contributed by atoms with Crippen LogP contribution in [0.15, 0.2) is 0 Å². The largest absolute Gasteiger partial charge is 0.328 e. The fraction of sp³-hybridized carbons (Fsp3) is 0.867. The van der Waals surface area contributed by atoms with Crippen LogP contribution in [0.5, 0.6) is 0 Å². The van der Waals surface area contributed by atoms with E-state index < -0.39 is 0 Å². The number of aromatic nitrogens is 3. The molecule has 1 aromatic rings. The minimum atomic E-state index is 0.360. The second-order valence-electron chi connectivity index (χ2n) is 6.75. The molecule has 1 aliphatic carbocycles. The first-order valence-corrected chi connectivity index (χ1v) is 8.18. The summed E-state index contributed by atoms with van der Waals surface area (Å²) in [6.45, 7) is 5.67. The van der Waals surface area contributed by atoms with Crippen LogP contribution in [0.25, 0.3) is 0 Å². The molecular weight excluding hydrogens is 264 g/mol. The van der Waals surface area contributed by atoms with Crippen molar-refractivity contribution in [1.29, 1.82) is 0 Å². The first-order chi connectivity index (χ1) is 10.1. The number of likely N-dealkylation sites (N-methyl/N-ethyl adjacent to an activating group) is 1. The molecular formula is C15H28N6. The highest BCUT2D eigenvalue weighted by Crippen LogP contribution is 2.34. The van der Waals surface area contributed by atoms with Gasteiger partial charge in [0.25, 0.3) is 0 Å². The van der Waals surface area contributed by atoms with Crippen molar-refractivity contribution in [3.8, 4) is 0 Å². The fourth-order valence-corrected chi connectivity index (χ4v) is 3.38. The highest BCUT2D eigenvalue weighted by atomic mass is 15.3. The van der Waals surface area contributed by atoms with Crippen LogP contribution < -0.4 is 5.73 Å². The van der Waals surface area contributed by atoms with Gasteiger partial charge in [-0.05, 0) is 45.8 Å². The molecule has 0 unspecified atom stereocenters. The Morgan fingerprint density at radius 1 is 1.24 bits per heavy atom. The maximum Gasteiger partial charge on any atom is 0.146 e. The van der Waals surface area contributed by atoms with Crippen LogP contribution in [-0.4, -0.2) is 63.8 Å². The Morgan fingerprint density at radius 3 is 2.62 bits per heavy atom. The van der Waals surface area contributed by atoms with Crippen LogP contribution in [0.3, 0.4) is 0 Å². The van der Waals surface area contributed by atoms with E-state index in [1.165, 1.54) is 32.5 Å². The van der Waals surface area contributed by atoms with Gasteiger partial charge in [0.15, 0.2) is 0 Å². The fourth-order valence-electron chi connectivity index (χ4n) is 3.38. The molecule has 0 atom stereocenters. The average molecular weight is 292 g/mol. The maximum absolute atomic E-state index is 5.87. The summed E-state index contributed by atoms with van der Waals surface area (Å²) in [6, 6.07) is 0.360. The Bertz CT molecular complexity index is 459. The molecule has 1 saturated heterocycles. The van der Waals surface area contributed by atoms with E-state index >= 15 is 0 Å². The molecule has 21 heavy (non-hydrogen) atoms. The summed E-state index contributed by atoms with van der Waals surface area (Å²) in [5, 5.41) is 8.76. The monoisotopic (exact) mass is 292 g/mol. The van der Waals surface area contributed by atoms with Crippen molar-refractivity contribution < 1.29 is 0 Å². The zero-order valence-corrected chi connectivity index (χ0v) is 13.3. The third-order valence-electron chi connectivity index (χ3n) is 4.95. The molecule has 0 bridgehead atoms. The van der Waals surface area contributed by atoms with Crippen molar-refractivity contribution in [2.75, 3.05) is 33.2 Å². The molecule has 3 rings (SSSR count). The van der Waals surface area contributed by atoms with Crippen molar-refractivity contribution in [2.45, 2.75) is 44.2 Å². The number of likely N-dealkylation sites (tertiary alicyclic amines) is 1. The lowest BCUT2D eigenvalue weighted by molar-refractivity contribution is 0.246.